The van der Waals surface area contributed by atoms with Crippen LogP contribution in [0.15, 0.2) is 11.3 Å². The summed E-state index contributed by atoms with van der Waals surface area (Å²) in [6.45, 7) is 6.48. The maximum Gasteiger partial charge on any atom is 0.269 e. The third kappa shape index (κ3) is 4.25. The van der Waals surface area contributed by atoms with Crippen LogP contribution in [0.3, 0.4) is 0 Å². The number of amides is 1. The molecule has 0 unspecified atom stereocenters. The van der Waals surface area contributed by atoms with Gasteiger partial charge >= 0.3 is 0 Å². The maximum atomic E-state index is 12.1. The Kier molecular flexibility index (Phi) is 6.16. The van der Waals surface area contributed by atoms with Crippen LogP contribution in [-0.2, 0) is 4.79 Å². The fourth-order valence-corrected chi connectivity index (χ4v) is 1.77. The number of rotatable bonds is 5. The van der Waals surface area contributed by atoms with Crippen molar-refractivity contribution in [2.45, 2.75) is 33.6 Å². The number of likely N-dealkylation sites (N-methyl/N-ethyl adjacent to an activating group) is 2. The Labute approximate surface area is 100 Å². The summed E-state index contributed by atoms with van der Waals surface area (Å²) in [6, 6.07) is 0. The molecule has 0 aromatic carbocycles. The van der Waals surface area contributed by atoms with Crippen LogP contribution < -0.4 is 0 Å². The van der Waals surface area contributed by atoms with E-state index in [4.69, 9.17) is 0 Å². The van der Waals surface area contributed by atoms with Crippen LogP contribution in [0.1, 0.15) is 33.6 Å². The van der Waals surface area contributed by atoms with Crippen molar-refractivity contribution in [1.82, 2.24) is 9.80 Å². The maximum absolute atomic E-state index is 12.1. The lowest BCUT2D eigenvalue weighted by atomic mass is 9.98. The zero-order chi connectivity index (χ0) is 12.9. The fraction of sp³-hybridized carbons (Fsp3) is 0.769. The Hall–Kier alpha value is -0.990. The van der Waals surface area contributed by atoms with Crippen molar-refractivity contribution in [2.75, 3.05) is 28.2 Å². The molecule has 0 saturated heterocycles. The van der Waals surface area contributed by atoms with Crippen molar-refractivity contribution in [3.8, 4) is 0 Å². The van der Waals surface area contributed by atoms with Gasteiger partial charge in [0.2, 0.25) is 0 Å². The lowest BCUT2D eigenvalue weighted by molar-refractivity contribution is -0.126. The van der Waals surface area contributed by atoms with E-state index in [1.165, 1.54) is 5.57 Å². The second-order valence-corrected chi connectivity index (χ2v) is 5.00. The van der Waals surface area contributed by atoms with Gasteiger partial charge in [-0.15, -0.1) is 0 Å². The molecule has 0 aromatic heterocycles. The molecular weight excluding hydrogens is 200 g/mol. The average Bonchev–Trinajstić information content (AvgIpc) is 2.14. The van der Waals surface area contributed by atoms with Crippen LogP contribution in [-0.4, -0.2) is 43.9 Å². The number of allylic oxidation sites excluding steroid dienone is 1. The molecule has 94 valence electrons. The molecule has 0 heterocycles. The van der Waals surface area contributed by atoms with E-state index in [1.807, 2.05) is 19.0 Å². The monoisotopic (exact) mass is 226 g/mol. The normalized spacial score (nSPS) is 12.5. The molecule has 0 bridgehead atoms. The summed E-state index contributed by atoms with van der Waals surface area (Å²) in [7, 11) is 7.47. The molecule has 1 amide bonds. The number of carbonyl (C=O) groups is 1. The van der Waals surface area contributed by atoms with Gasteiger partial charge in [0.25, 0.3) is 5.91 Å². The van der Waals surface area contributed by atoms with E-state index in [1.54, 1.807) is 19.0 Å². The van der Waals surface area contributed by atoms with E-state index in [-0.39, 0.29) is 5.91 Å². The molecule has 0 rings (SSSR count). The molecule has 0 aliphatic carbocycles. The van der Waals surface area contributed by atoms with Crippen molar-refractivity contribution in [1.29, 1.82) is 0 Å². The summed E-state index contributed by atoms with van der Waals surface area (Å²) in [5.74, 6) is 0.683. The summed E-state index contributed by atoms with van der Waals surface area (Å²) in [4.78, 5) is 15.7. The average molecular weight is 226 g/mol. The molecular formula is C13H26N2O. The van der Waals surface area contributed by atoms with Crippen LogP contribution in [0.25, 0.3) is 0 Å². The predicted molar refractivity (Wildman–Crippen MR) is 69.2 cm³/mol. The largest absolute Gasteiger partial charge is 0.373 e. The topological polar surface area (TPSA) is 23.6 Å². The van der Waals surface area contributed by atoms with Crippen LogP contribution >= 0.6 is 0 Å². The van der Waals surface area contributed by atoms with Crippen molar-refractivity contribution in [2.24, 2.45) is 5.92 Å². The second-order valence-electron chi connectivity index (χ2n) is 5.00. The lowest BCUT2D eigenvalue weighted by Crippen LogP contribution is -2.31. The summed E-state index contributed by atoms with van der Waals surface area (Å²) < 4.78 is 0. The second kappa shape index (κ2) is 6.56. The first-order valence-corrected chi connectivity index (χ1v) is 5.92. The van der Waals surface area contributed by atoms with Gasteiger partial charge in [-0.3, -0.25) is 4.79 Å². The first-order valence-electron chi connectivity index (χ1n) is 5.92. The molecule has 0 N–H and O–H groups in total. The number of hydrogen-bond donors (Lipinski definition) is 0. The van der Waals surface area contributed by atoms with Gasteiger partial charge in [-0.05, 0) is 24.3 Å². The molecule has 0 atom stereocenters. The number of hydrogen-bond acceptors (Lipinski definition) is 2. The summed E-state index contributed by atoms with van der Waals surface area (Å²) in [5, 5.41) is 0. The third-order valence-electron chi connectivity index (χ3n) is 2.47. The van der Waals surface area contributed by atoms with Gasteiger partial charge in [-0.2, -0.15) is 0 Å². The fourth-order valence-electron chi connectivity index (χ4n) is 1.77. The van der Waals surface area contributed by atoms with Gasteiger partial charge in [-0.25, -0.2) is 0 Å². The van der Waals surface area contributed by atoms with Crippen LogP contribution in [0.4, 0.5) is 0 Å². The van der Waals surface area contributed by atoms with Gasteiger partial charge in [0, 0.05) is 28.2 Å². The minimum absolute atomic E-state index is 0.0995. The molecule has 3 nitrogen and oxygen atoms in total. The van der Waals surface area contributed by atoms with Gasteiger partial charge in [-0.1, -0.05) is 20.8 Å². The van der Waals surface area contributed by atoms with E-state index in [2.05, 4.69) is 20.8 Å². The Balaban J connectivity index is 5.25. The summed E-state index contributed by atoms with van der Waals surface area (Å²) in [5.41, 5.74) is 2.10. The van der Waals surface area contributed by atoms with Crippen LogP contribution in [0.2, 0.25) is 0 Å². The third-order valence-corrected chi connectivity index (χ3v) is 2.47. The molecule has 3 heteroatoms. The van der Waals surface area contributed by atoms with Crippen molar-refractivity contribution in [3.63, 3.8) is 0 Å². The van der Waals surface area contributed by atoms with Crippen molar-refractivity contribution < 1.29 is 4.79 Å². The Morgan fingerprint density at radius 1 is 1.06 bits per heavy atom. The van der Waals surface area contributed by atoms with E-state index < -0.39 is 0 Å². The zero-order valence-corrected chi connectivity index (χ0v) is 11.8. The number of carbonyl (C=O) groups excluding carboxylic acids is 1. The minimum atomic E-state index is 0.0995. The molecule has 0 radical (unpaired) electrons. The van der Waals surface area contributed by atoms with Gasteiger partial charge < -0.3 is 9.80 Å². The Bertz CT molecular complexity index is 265. The van der Waals surface area contributed by atoms with Crippen molar-refractivity contribution in [3.05, 3.63) is 11.3 Å². The number of nitrogens with zero attached hydrogens (tertiary/aromatic N) is 2. The molecule has 16 heavy (non-hydrogen) atoms. The first kappa shape index (κ1) is 15.0. The van der Waals surface area contributed by atoms with Crippen LogP contribution in [0.5, 0.6) is 0 Å². The van der Waals surface area contributed by atoms with E-state index >= 15 is 0 Å². The molecule has 0 fully saturated rings. The van der Waals surface area contributed by atoms with E-state index in [0.29, 0.717) is 5.92 Å². The molecule has 0 spiro atoms. The van der Waals surface area contributed by atoms with Gasteiger partial charge in [0.05, 0.1) is 0 Å². The highest BCUT2D eigenvalue weighted by molar-refractivity contribution is 5.93. The molecule has 0 aromatic rings. The summed E-state index contributed by atoms with van der Waals surface area (Å²) >= 11 is 0. The predicted octanol–water partition coefficient (Wildman–Crippen LogP) is 2.35. The SMILES string of the molecule is CCC(CC(C)C)=C(C(=O)N(C)C)N(C)C. The van der Waals surface area contributed by atoms with Crippen molar-refractivity contribution >= 4 is 5.91 Å². The highest BCUT2D eigenvalue weighted by Gasteiger charge is 2.18. The molecule has 0 aliphatic heterocycles. The highest BCUT2D eigenvalue weighted by atomic mass is 16.2. The van der Waals surface area contributed by atoms with Gasteiger partial charge in [0.15, 0.2) is 0 Å². The van der Waals surface area contributed by atoms with E-state index in [0.717, 1.165) is 18.5 Å². The Morgan fingerprint density at radius 2 is 1.56 bits per heavy atom. The molecule has 0 aliphatic rings. The highest BCUT2D eigenvalue weighted by Crippen LogP contribution is 2.20. The smallest absolute Gasteiger partial charge is 0.269 e. The molecule has 0 saturated carbocycles. The van der Waals surface area contributed by atoms with Crippen LogP contribution in [0, 0.1) is 5.92 Å². The lowest BCUT2D eigenvalue weighted by Gasteiger charge is -2.24. The first-order chi connectivity index (χ1) is 7.31. The summed E-state index contributed by atoms with van der Waals surface area (Å²) in [6.07, 6.45) is 1.93. The van der Waals surface area contributed by atoms with E-state index in [9.17, 15) is 4.79 Å². The Morgan fingerprint density at radius 3 is 1.81 bits per heavy atom. The minimum Gasteiger partial charge on any atom is -0.373 e. The van der Waals surface area contributed by atoms with Gasteiger partial charge in [0.1, 0.15) is 5.70 Å². The zero-order valence-electron chi connectivity index (χ0n) is 11.8. The quantitative estimate of drug-likeness (QED) is 0.672. The standard InChI is InChI=1S/C13H26N2O/c1-8-11(9-10(2)3)12(14(4)5)13(16)15(6)7/h10H,8-9H2,1-7H3.